The van der Waals surface area contributed by atoms with Crippen LogP contribution in [-0.4, -0.2) is 67.1 Å². The van der Waals surface area contributed by atoms with Gasteiger partial charge in [-0.2, -0.15) is 0 Å². The van der Waals surface area contributed by atoms with Crippen molar-refractivity contribution in [1.82, 2.24) is 15.1 Å². The number of urea groups is 1. The third-order valence-corrected chi connectivity index (χ3v) is 3.87. The van der Waals surface area contributed by atoms with E-state index in [-0.39, 0.29) is 6.03 Å². The first-order valence-electron chi connectivity index (χ1n) is 5.88. The molecule has 0 aromatic rings. The molecule has 6 nitrogen and oxygen atoms in total. The van der Waals surface area contributed by atoms with Gasteiger partial charge in [0.25, 0.3) is 0 Å². The van der Waals surface area contributed by atoms with Crippen LogP contribution < -0.4 is 5.32 Å². The number of ether oxygens (including phenoxy) is 1. The summed E-state index contributed by atoms with van der Waals surface area (Å²) in [5, 5.41) is 10.7. The van der Waals surface area contributed by atoms with Crippen LogP contribution in [0, 0.1) is 5.41 Å². The second-order valence-electron chi connectivity index (χ2n) is 4.95. The molecule has 0 radical (unpaired) electrons. The summed E-state index contributed by atoms with van der Waals surface area (Å²) >= 11 is 0. The zero-order chi connectivity index (χ0) is 12.6. The van der Waals surface area contributed by atoms with E-state index in [2.05, 4.69) is 17.1 Å². The Hall–Kier alpha value is -1.14. The Kier molecular flexibility index (Phi) is 3.09. The maximum atomic E-state index is 11.9. The molecule has 2 rings (SSSR count). The van der Waals surface area contributed by atoms with E-state index in [0.717, 1.165) is 13.0 Å². The quantitative estimate of drug-likeness (QED) is 0.735. The van der Waals surface area contributed by atoms with Crippen molar-refractivity contribution in [3.05, 3.63) is 0 Å². The molecule has 2 heterocycles. The Morgan fingerprint density at radius 3 is 2.88 bits per heavy atom. The average molecular weight is 240 g/mol. The molecule has 0 aliphatic carbocycles. The van der Waals surface area contributed by atoms with Crippen molar-refractivity contribution < 1.29 is 9.53 Å². The number of carbonyl (C=O) groups excluding carboxylic acids is 1. The Bertz CT molecular complexity index is 334. The molecule has 0 aromatic heterocycles. The molecule has 0 saturated carbocycles. The van der Waals surface area contributed by atoms with Crippen molar-refractivity contribution in [3.8, 4) is 0 Å². The Morgan fingerprint density at radius 2 is 2.35 bits per heavy atom. The maximum Gasteiger partial charge on any atom is 0.323 e. The smallest absolute Gasteiger partial charge is 0.323 e. The normalized spacial score (nSPS) is 33.8. The number of nitrogens with one attached hydrogen (secondary N) is 2. The highest BCUT2D eigenvalue weighted by atomic mass is 16.5. The molecule has 1 spiro atoms. The first-order valence-corrected chi connectivity index (χ1v) is 5.88. The van der Waals surface area contributed by atoms with Gasteiger partial charge in [0.2, 0.25) is 0 Å². The lowest BCUT2D eigenvalue weighted by Gasteiger charge is -2.32. The highest BCUT2D eigenvalue weighted by Gasteiger charge is 2.55. The fraction of sp³-hybridized carbons (Fsp3) is 0.818. The van der Waals surface area contributed by atoms with Gasteiger partial charge in [-0.1, -0.05) is 0 Å². The van der Waals surface area contributed by atoms with Gasteiger partial charge in [-0.15, -0.1) is 0 Å². The molecular formula is C11H20N4O2. The summed E-state index contributed by atoms with van der Waals surface area (Å²) in [5.74, 6) is 0.329. The first-order chi connectivity index (χ1) is 8.01. The molecule has 0 bridgehead atoms. The number of likely N-dealkylation sites (tertiary alicyclic amines) is 1. The highest BCUT2D eigenvalue weighted by molar-refractivity contribution is 6.08. The molecule has 2 fully saturated rings. The summed E-state index contributed by atoms with van der Waals surface area (Å²) < 4.78 is 5.04. The lowest BCUT2D eigenvalue weighted by Crippen LogP contribution is -2.52. The number of likely N-dealkylation sites (N-methyl/N-ethyl adjacent to an activating group) is 1. The van der Waals surface area contributed by atoms with Crippen molar-refractivity contribution in [1.29, 1.82) is 5.41 Å². The van der Waals surface area contributed by atoms with E-state index >= 15 is 0 Å². The van der Waals surface area contributed by atoms with E-state index in [1.807, 2.05) is 7.05 Å². The van der Waals surface area contributed by atoms with Gasteiger partial charge in [-0.25, -0.2) is 4.79 Å². The van der Waals surface area contributed by atoms with Crippen molar-refractivity contribution in [3.63, 3.8) is 0 Å². The SMILES string of the molecule is COCCN1C(=O)NC(=N)C12CC(C)N(C)C2. The van der Waals surface area contributed by atoms with Crippen LogP contribution in [0.1, 0.15) is 13.3 Å². The maximum absolute atomic E-state index is 11.9. The van der Waals surface area contributed by atoms with Crippen LogP contribution in [0.2, 0.25) is 0 Å². The Morgan fingerprint density at radius 1 is 1.65 bits per heavy atom. The molecule has 2 aliphatic rings. The third kappa shape index (κ3) is 1.81. The van der Waals surface area contributed by atoms with Gasteiger partial charge < -0.3 is 14.5 Å². The van der Waals surface area contributed by atoms with Crippen LogP contribution in [0.4, 0.5) is 4.79 Å². The van der Waals surface area contributed by atoms with E-state index < -0.39 is 5.54 Å². The number of amidine groups is 1. The highest BCUT2D eigenvalue weighted by Crippen LogP contribution is 2.34. The molecule has 6 heteroatoms. The monoisotopic (exact) mass is 240 g/mol. The van der Waals surface area contributed by atoms with E-state index in [4.69, 9.17) is 10.1 Å². The number of carbonyl (C=O) groups is 1. The van der Waals surface area contributed by atoms with Gasteiger partial charge in [-0.05, 0) is 20.4 Å². The molecule has 17 heavy (non-hydrogen) atoms. The molecule has 2 atom stereocenters. The number of rotatable bonds is 3. The van der Waals surface area contributed by atoms with Gasteiger partial charge >= 0.3 is 6.03 Å². The lowest BCUT2D eigenvalue weighted by molar-refractivity contribution is 0.126. The number of hydrogen-bond acceptors (Lipinski definition) is 4. The second kappa shape index (κ2) is 4.27. The van der Waals surface area contributed by atoms with Crippen LogP contribution in [0.3, 0.4) is 0 Å². The zero-order valence-electron chi connectivity index (χ0n) is 10.6. The predicted octanol–water partition coefficient (Wildman–Crippen LogP) is 0.0981. The molecule has 0 aromatic carbocycles. The van der Waals surface area contributed by atoms with Crippen molar-refractivity contribution in [2.75, 3.05) is 33.9 Å². The standard InChI is InChI=1S/C11H20N4O2/c1-8-6-11(7-14(8)2)9(12)13-10(16)15(11)4-5-17-3/h8H,4-7H2,1-3H3,(H2,12,13,16). The fourth-order valence-electron chi connectivity index (χ4n) is 2.77. The topological polar surface area (TPSA) is 68.7 Å². The van der Waals surface area contributed by atoms with Crippen LogP contribution >= 0.6 is 0 Å². The minimum Gasteiger partial charge on any atom is -0.383 e. The first kappa shape index (κ1) is 12.3. The molecule has 2 unspecified atom stereocenters. The van der Waals surface area contributed by atoms with Gasteiger partial charge in [0.1, 0.15) is 11.4 Å². The summed E-state index contributed by atoms with van der Waals surface area (Å²) in [5.41, 5.74) is -0.468. The molecule has 96 valence electrons. The number of hydrogen-bond donors (Lipinski definition) is 2. The van der Waals surface area contributed by atoms with Crippen LogP contribution in [0.15, 0.2) is 0 Å². The zero-order valence-corrected chi connectivity index (χ0v) is 10.6. The van der Waals surface area contributed by atoms with Gasteiger partial charge in [0.05, 0.1) is 6.61 Å². The molecule has 2 saturated heterocycles. The van der Waals surface area contributed by atoms with Gasteiger partial charge in [0.15, 0.2) is 0 Å². The van der Waals surface area contributed by atoms with Crippen molar-refractivity contribution >= 4 is 11.9 Å². The van der Waals surface area contributed by atoms with Crippen molar-refractivity contribution in [2.45, 2.75) is 24.9 Å². The lowest BCUT2D eigenvalue weighted by atomic mass is 9.94. The largest absolute Gasteiger partial charge is 0.383 e. The fourth-order valence-corrected chi connectivity index (χ4v) is 2.77. The molecule has 2 N–H and O–H groups in total. The minimum atomic E-state index is -0.468. The van der Waals surface area contributed by atoms with E-state index in [1.165, 1.54) is 0 Å². The molecule has 2 aliphatic heterocycles. The number of nitrogens with zero attached hydrogens (tertiary/aromatic N) is 2. The Labute approximate surface area is 101 Å². The van der Waals surface area contributed by atoms with Crippen LogP contribution in [0.5, 0.6) is 0 Å². The molecular weight excluding hydrogens is 220 g/mol. The summed E-state index contributed by atoms with van der Waals surface area (Å²) in [6.07, 6.45) is 0.810. The summed E-state index contributed by atoms with van der Waals surface area (Å²) in [6, 6.07) is 0.211. The predicted molar refractivity (Wildman–Crippen MR) is 64.3 cm³/mol. The van der Waals surface area contributed by atoms with Crippen LogP contribution in [0.25, 0.3) is 0 Å². The minimum absolute atomic E-state index is 0.172. The van der Waals surface area contributed by atoms with Crippen LogP contribution in [-0.2, 0) is 4.74 Å². The number of methoxy groups -OCH3 is 1. The third-order valence-electron chi connectivity index (χ3n) is 3.87. The van der Waals surface area contributed by atoms with Crippen molar-refractivity contribution in [2.24, 2.45) is 0 Å². The summed E-state index contributed by atoms with van der Waals surface area (Å²) in [4.78, 5) is 15.8. The Balaban J connectivity index is 2.23. The van der Waals surface area contributed by atoms with E-state index in [1.54, 1.807) is 12.0 Å². The summed E-state index contributed by atoms with van der Waals surface area (Å²) in [7, 11) is 3.65. The number of amides is 2. The van der Waals surface area contributed by atoms with E-state index in [9.17, 15) is 4.79 Å². The average Bonchev–Trinajstić information content (AvgIpc) is 2.67. The van der Waals surface area contributed by atoms with Gasteiger partial charge in [0, 0.05) is 26.2 Å². The second-order valence-corrected chi connectivity index (χ2v) is 4.95. The van der Waals surface area contributed by atoms with E-state index in [0.29, 0.717) is 25.0 Å². The summed E-state index contributed by atoms with van der Waals surface area (Å²) in [6.45, 7) is 3.88. The molecule has 2 amide bonds. The van der Waals surface area contributed by atoms with Gasteiger partial charge in [-0.3, -0.25) is 10.7 Å².